The first kappa shape index (κ1) is 24.0. The van der Waals surface area contributed by atoms with Crippen LogP contribution in [-0.4, -0.2) is 53.0 Å². The summed E-state index contributed by atoms with van der Waals surface area (Å²) in [6, 6.07) is 15.4. The summed E-state index contributed by atoms with van der Waals surface area (Å²) in [4.78, 5) is 27.7. The van der Waals surface area contributed by atoms with Crippen LogP contribution in [0.4, 0.5) is 0 Å². The normalized spacial score (nSPS) is 14.9. The fraction of sp³-hybridized carbons (Fsp3) is 0.240. The van der Waals surface area contributed by atoms with Gasteiger partial charge < -0.3 is 19.4 Å². The molecule has 4 rings (SSSR count). The zero-order valence-corrected chi connectivity index (χ0v) is 20.6. The first-order valence-electron chi connectivity index (χ1n) is 10.7. The first-order valence-corrected chi connectivity index (χ1v) is 11.9. The van der Waals surface area contributed by atoms with E-state index in [-0.39, 0.29) is 18.4 Å². The number of thioether (sulfide) groups is 1. The molecule has 34 heavy (non-hydrogen) atoms. The van der Waals surface area contributed by atoms with E-state index in [1.165, 1.54) is 11.8 Å². The molecule has 1 aromatic heterocycles. The third-order valence-electron chi connectivity index (χ3n) is 5.42. The predicted molar refractivity (Wildman–Crippen MR) is 139 cm³/mol. The molecule has 9 heteroatoms. The van der Waals surface area contributed by atoms with Crippen molar-refractivity contribution in [3.05, 3.63) is 70.8 Å². The molecular formula is C25H25N3O4S2. The summed E-state index contributed by atoms with van der Waals surface area (Å²) >= 11 is 6.79. The van der Waals surface area contributed by atoms with Crippen LogP contribution in [-0.2, 0) is 27.4 Å². The standard InChI is InChI=1S/C25H25N3O4S2/c1-31-12-11-26-23(29)16-27-15-18(20-5-3-4-6-21(20)27)13-22-24(30)28(25(33)34-22)14-17-7-9-19(32-2)10-8-17/h3-10,13,15H,11-12,14,16H2,1-2H3,(H,26,29)/b22-13-. The minimum absolute atomic E-state index is 0.102. The van der Waals surface area contributed by atoms with Crippen molar-refractivity contribution in [1.29, 1.82) is 0 Å². The topological polar surface area (TPSA) is 72.8 Å². The summed E-state index contributed by atoms with van der Waals surface area (Å²) < 4.78 is 12.6. The summed E-state index contributed by atoms with van der Waals surface area (Å²) in [6.45, 7) is 1.49. The second-order valence-electron chi connectivity index (χ2n) is 7.69. The third kappa shape index (κ3) is 5.32. The molecule has 0 saturated carbocycles. The number of nitrogens with zero attached hydrogens (tertiary/aromatic N) is 2. The van der Waals surface area contributed by atoms with Gasteiger partial charge in [0.1, 0.15) is 16.6 Å². The molecule has 2 amide bonds. The van der Waals surface area contributed by atoms with E-state index in [1.54, 1.807) is 19.1 Å². The number of para-hydroxylation sites is 1. The quantitative estimate of drug-likeness (QED) is 0.277. The molecule has 0 radical (unpaired) electrons. The van der Waals surface area contributed by atoms with Crippen LogP contribution < -0.4 is 10.1 Å². The Labute approximate surface area is 207 Å². The smallest absolute Gasteiger partial charge is 0.266 e. The Hall–Kier alpha value is -3.14. The number of fused-ring (bicyclic) bond motifs is 1. The molecule has 2 aromatic carbocycles. The summed E-state index contributed by atoms with van der Waals surface area (Å²) in [5.41, 5.74) is 2.75. The number of ether oxygens (including phenoxy) is 2. The van der Waals surface area contributed by atoms with Gasteiger partial charge in [0.25, 0.3) is 5.91 Å². The largest absolute Gasteiger partial charge is 0.497 e. The van der Waals surface area contributed by atoms with Crippen molar-refractivity contribution in [2.45, 2.75) is 13.1 Å². The van der Waals surface area contributed by atoms with E-state index in [0.29, 0.717) is 28.9 Å². The molecule has 1 aliphatic heterocycles. The number of amides is 2. The second-order valence-corrected chi connectivity index (χ2v) is 9.36. The zero-order valence-electron chi connectivity index (χ0n) is 18.9. The van der Waals surface area contributed by atoms with Gasteiger partial charge in [-0.15, -0.1) is 0 Å². The molecule has 7 nitrogen and oxygen atoms in total. The molecule has 3 aromatic rings. The molecule has 1 saturated heterocycles. The van der Waals surface area contributed by atoms with Gasteiger partial charge >= 0.3 is 0 Å². The zero-order chi connectivity index (χ0) is 24.1. The van der Waals surface area contributed by atoms with Crippen molar-refractivity contribution in [2.75, 3.05) is 27.4 Å². The van der Waals surface area contributed by atoms with Crippen molar-refractivity contribution in [3.63, 3.8) is 0 Å². The van der Waals surface area contributed by atoms with Crippen LogP contribution in [0.5, 0.6) is 5.75 Å². The van der Waals surface area contributed by atoms with Gasteiger partial charge in [-0.2, -0.15) is 0 Å². The maximum absolute atomic E-state index is 13.2. The molecule has 0 unspecified atom stereocenters. The summed E-state index contributed by atoms with van der Waals surface area (Å²) in [5.74, 6) is 0.535. The van der Waals surface area contributed by atoms with Gasteiger partial charge in [0.2, 0.25) is 5.91 Å². The van der Waals surface area contributed by atoms with Gasteiger partial charge in [-0.25, -0.2) is 0 Å². The predicted octanol–water partition coefficient (Wildman–Crippen LogP) is 3.81. The summed E-state index contributed by atoms with van der Waals surface area (Å²) in [5, 5.41) is 3.80. The molecule has 0 spiro atoms. The maximum Gasteiger partial charge on any atom is 0.266 e. The minimum atomic E-state index is -0.125. The number of thiocarbonyl (C=S) groups is 1. The highest BCUT2D eigenvalue weighted by molar-refractivity contribution is 8.26. The number of methoxy groups -OCH3 is 2. The van der Waals surface area contributed by atoms with Gasteiger partial charge in [-0.05, 0) is 29.8 Å². The van der Waals surface area contributed by atoms with Crippen LogP contribution in [0.15, 0.2) is 59.6 Å². The van der Waals surface area contributed by atoms with Gasteiger partial charge in [-0.3, -0.25) is 14.5 Å². The number of hydrogen-bond acceptors (Lipinski definition) is 6. The van der Waals surface area contributed by atoms with E-state index < -0.39 is 0 Å². The van der Waals surface area contributed by atoms with Crippen LogP contribution in [0.25, 0.3) is 17.0 Å². The Morgan fingerprint density at radius 1 is 1.15 bits per heavy atom. The van der Waals surface area contributed by atoms with Crippen LogP contribution in [0.1, 0.15) is 11.1 Å². The van der Waals surface area contributed by atoms with E-state index in [9.17, 15) is 9.59 Å². The Morgan fingerprint density at radius 2 is 1.91 bits per heavy atom. The molecule has 176 valence electrons. The van der Waals surface area contributed by atoms with Crippen LogP contribution in [0.3, 0.4) is 0 Å². The van der Waals surface area contributed by atoms with E-state index >= 15 is 0 Å². The van der Waals surface area contributed by atoms with Crippen molar-refractivity contribution >= 4 is 57.1 Å². The molecule has 1 N–H and O–H groups in total. The summed E-state index contributed by atoms with van der Waals surface area (Å²) in [6.07, 6.45) is 3.76. The van der Waals surface area contributed by atoms with Crippen molar-refractivity contribution < 1.29 is 19.1 Å². The lowest BCUT2D eigenvalue weighted by molar-refractivity contribution is -0.123. The molecule has 0 atom stereocenters. The molecule has 0 bridgehead atoms. The highest BCUT2D eigenvalue weighted by atomic mass is 32.2. The fourth-order valence-electron chi connectivity index (χ4n) is 3.72. The lowest BCUT2D eigenvalue weighted by Crippen LogP contribution is -2.30. The monoisotopic (exact) mass is 495 g/mol. The Balaban J connectivity index is 1.55. The van der Waals surface area contributed by atoms with E-state index in [2.05, 4.69) is 5.32 Å². The van der Waals surface area contributed by atoms with Crippen LogP contribution >= 0.6 is 24.0 Å². The van der Waals surface area contributed by atoms with Crippen LogP contribution in [0.2, 0.25) is 0 Å². The number of carbonyl (C=O) groups is 2. The number of nitrogens with one attached hydrogen (secondary N) is 1. The van der Waals surface area contributed by atoms with Gasteiger partial charge in [0.05, 0.1) is 25.2 Å². The number of carbonyl (C=O) groups excluding carboxylic acids is 2. The van der Waals surface area contributed by atoms with E-state index in [0.717, 1.165) is 27.8 Å². The SMILES string of the molecule is COCCNC(=O)Cn1cc(/C=C2\SC(=S)N(Cc3ccc(OC)cc3)C2=O)c2ccccc21. The lowest BCUT2D eigenvalue weighted by Gasteiger charge is -2.14. The van der Waals surface area contributed by atoms with E-state index in [4.69, 9.17) is 21.7 Å². The average Bonchev–Trinajstić information content (AvgIpc) is 3.31. The maximum atomic E-state index is 13.2. The van der Waals surface area contributed by atoms with Crippen LogP contribution in [0, 0.1) is 0 Å². The molecule has 0 aliphatic carbocycles. The fourth-order valence-corrected chi connectivity index (χ4v) is 4.96. The number of rotatable bonds is 9. The molecule has 2 heterocycles. The number of benzene rings is 2. The highest BCUT2D eigenvalue weighted by Crippen LogP contribution is 2.35. The minimum Gasteiger partial charge on any atom is -0.497 e. The van der Waals surface area contributed by atoms with Gasteiger partial charge in [0.15, 0.2) is 0 Å². The Morgan fingerprint density at radius 3 is 2.65 bits per heavy atom. The van der Waals surface area contributed by atoms with Gasteiger partial charge in [-0.1, -0.05) is 54.3 Å². The second kappa shape index (κ2) is 10.9. The van der Waals surface area contributed by atoms with Gasteiger partial charge in [0, 0.05) is 36.3 Å². The number of aromatic nitrogens is 1. The molecule has 1 fully saturated rings. The summed E-state index contributed by atoms with van der Waals surface area (Å²) in [7, 11) is 3.21. The molecule has 1 aliphatic rings. The van der Waals surface area contributed by atoms with Crippen molar-refractivity contribution in [3.8, 4) is 5.75 Å². The average molecular weight is 496 g/mol. The number of hydrogen-bond donors (Lipinski definition) is 1. The van der Waals surface area contributed by atoms with E-state index in [1.807, 2.05) is 65.4 Å². The molecular weight excluding hydrogens is 470 g/mol. The van der Waals surface area contributed by atoms with Crippen molar-refractivity contribution in [2.24, 2.45) is 0 Å². The lowest BCUT2D eigenvalue weighted by atomic mass is 10.1. The first-order chi connectivity index (χ1) is 16.5. The Bertz CT molecular complexity index is 1250. The third-order valence-corrected chi connectivity index (χ3v) is 6.80. The van der Waals surface area contributed by atoms with Crippen molar-refractivity contribution in [1.82, 2.24) is 14.8 Å². The highest BCUT2D eigenvalue weighted by Gasteiger charge is 2.32. The Kier molecular flexibility index (Phi) is 7.66.